The SMILES string of the molecule is COc1ccc2cc(C(=O)N3CCn4cccc4[C@@H]3C)[nH]c2c1. The second-order valence-electron chi connectivity index (χ2n) is 5.94. The van der Waals surface area contributed by atoms with E-state index in [9.17, 15) is 4.79 Å². The van der Waals surface area contributed by atoms with Crippen molar-refractivity contribution in [1.82, 2.24) is 14.5 Å². The van der Waals surface area contributed by atoms with Gasteiger partial charge in [-0.05, 0) is 37.3 Å². The van der Waals surface area contributed by atoms with Gasteiger partial charge < -0.3 is 19.2 Å². The zero-order chi connectivity index (χ0) is 16.0. The number of aromatic amines is 1. The van der Waals surface area contributed by atoms with Gasteiger partial charge in [0.15, 0.2) is 0 Å². The maximum atomic E-state index is 12.9. The molecule has 2 aromatic heterocycles. The van der Waals surface area contributed by atoms with Crippen molar-refractivity contribution in [1.29, 1.82) is 0 Å². The zero-order valence-corrected chi connectivity index (χ0v) is 13.2. The highest BCUT2D eigenvalue weighted by Gasteiger charge is 2.28. The Bertz CT molecular complexity index is 877. The molecule has 0 saturated heterocycles. The first-order valence-corrected chi connectivity index (χ1v) is 7.80. The Labute approximate surface area is 134 Å². The van der Waals surface area contributed by atoms with Gasteiger partial charge in [-0.3, -0.25) is 4.79 Å². The molecule has 0 saturated carbocycles. The largest absolute Gasteiger partial charge is 0.497 e. The lowest BCUT2D eigenvalue weighted by Crippen LogP contribution is -2.40. The van der Waals surface area contributed by atoms with E-state index in [0.29, 0.717) is 5.69 Å². The van der Waals surface area contributed by atoms with Crippen molar-refractivity contribution in [2.24, 2.45) is 0 Å². The minimum atomic E-state index is 0.0418. The van der Waals surface area contributed by atoms with Gasteiger partial charge in [0, 0.05) is 41.9 Å². The molecular formula is C18H19N3O2. The molecule has 5 nitrogen and oxygen atoms in total. The predicted octanol–water partition coefficient (Wildman–Crippen LogP) is 3.20. The third-order valence-corrected chi connectivity index (χ3v) is 4.66. The molecule has 1 amide bonds. The molecule has 3 aromatic rings. The molecule has 0 spiro atoms. The molecule has 0 unspecified atom stereocenters. The number of benzene rings is 1. The quantitative estimate of drug-likeness (QED) is 0.790. The smallest absolute Gasteiger partial charge is 0.270 e. The van der Waals surface area contributed by atoms with Crippen molar-refractivity contribution in [3.05, 3.63) is 54.0 Å². The Morgan fingerprint density at radius 3 is 2.96 bits per heavy atom. The second-order valence-corrected chi connectivity index (χ2v) is 5.94. The van der Waals surface area contributed by atoms with Gasteiger partial charge in [0.05, 0.1) is 13.2 Å². The van der Waals surface area contributed by atoms with Crippen LogP contribution in [0.25, 0.3) is 10.9 Å². The Hall–Kier alpha value is -2.69. The number of nitrogens with one attached hydrogen (secondary N) is 1. The van der Waals surface area contributed by atoms with Crippen molar-refractivity contribution in [3.8, 4) is 5.75 Å². The first-order valence-electron chi connectivity index (χ1n) is 7.80. The third kappa shape index (κ3) is 2.20. The van der Waals surface area contributed by atoms with E-state index in [1.807, 2.05) is 35.2 Å². The average molecular weight is 309 g/mol. The molecule has 3 heterocycles. The fourth-order valence-corrected chi connectivity index (χ4v) is 3.36. The number of amides is 1. The van der Waals surface area contributed by atoms with Gasteiger partial charge in [0.1, 0.15) is 11.4 Å². The molecule has 0 radical (unpaired) electrons. The summed E-state index contributed by atoms with van der Waals surface area (Å²) >= 11 is 0. The van der Waals surface area contributed by atoms with Crippen LogP contribution in [0.2, 0.25) is 0 Å². The van der Waals surface area contributed by atoms with E-state index in [4.69, 9.17) is 4.74 Å². The maximum Gasteiger partial charge on any atom is 0.270 e. The molecule has 1 aromatic carbocycles. The minimum absolute atomic E-state index is 0.0418. The number of hydrogen-bond acceptors (Lipinski definition) is 2. The van der Waals surface area contributed by atoms with Crippen LogP contribution in [0, 0.1) is 0 Å². The van der Waals surface area contributed by atoms with E-state index in [-0.39, 0.29) is 11.9 Å². The van der Waals surface area contributed by atoms with Gasteiger partial charge in [0.2, 0.25) is 0 Å². The lowest BCUT2D eigenvalue weighted by Gasteiger charge is -2.34. The Kier molecular flexibility index (Phi) is 3.15. The van der Waals surface area contributed by atoms with Crippen molar-refractivity contribution in [2.45, 2.75) is 19.5 Å². The van der Waals surface area contributed by atoms with Gasteiger partial charge in [-0.1, -0.05) is 0 Å². The summed E-state index contributed by atoms with van der Waals surface area (Å²) in [4.78, 5) is 18.1. The average Bonchev–Trinajstić information content (AvgIpc) is 3.20. The summed E-state index contributed by atoms with van der Waals surface area (Å²) in [6, 6.07) is 11.9. The summed E-state index contributed by atoms with van der Waals surface area (Å²) in [5.41, 5.74) is 2.73. The van der Waals surface area contributed by atoms with Crippen molar-refractivity contribution >= 4 is 16.8 Å². The summed E-state index contributed by atoms with van der Waals surface area (Å²) in [5, 5.41) is 1.02. The molecule has 1 N–H and O–H groups in total. The number of carbonyl (C=O) groups excluding carboxylic acids is 1. The molecule has 1 aliphatic rings. The van der Waals surface area contributed by atoms with Crippen molar-refractivity contribution in [2.75, 3.05) is 13.7 Å². The highest BCUT2D eigenvalue weighted by molar-refractivity contribution is 5.98. The third-order valence-electron chi connectivity index (χ3n) is 4.66. The number of methoxy groups -OCH3 is 1. The van der Waals surface area contributed by atoms with E-state index >= 15 is 0 Å². The summed E-state index contributed by atoms with van der Waals surface area (Å²) in [7, 11) is 1.64. The lowest BCUT2D eigenvalue weighted by molar-refractivity contribution is 0.0639. The molecule has 23 heavy (non-hydrogen) atoms. The standard InChI is InChI=1S/C18H19N3O2/c1-12-17-4-3-7-20(17)8-9-21(12)18(22)16-10-13-5-6-14(23-2)11-15(13)19-16/h3-7,10-12,19H,8-9H2,1-2H3/t12-/m0/s1. The van der Waals surface area contributed by atoms with Crippen molar-refractivity contribution in [3.63, 3.8) is 0 Å². The number of fused-ring (bicyclic) bond motifs is 2. The first-order chi connectivity index (χ1) is 11.2. The Balaban J connectivity index is 1.67. The molecule has 118 valence electrons. The van der Waals surface area contributed by atoms with Crippen molar-refractivity contribution < 1.29 is 9.53 Å². The van der Waals surface area contributed by atoms with Crippen LogP contribution in [0.15, 0.2) is 42.6 Å². The van der Waals surface area contributed by atoms with E-state index < -0.39 is 0 Å². The second kappa shape index (κ2) is 5.19. The number of hydrogen-bond donors (Lipinski definition) is 1. The number of aromatic nitrogens is 2. The highest BCUT2D eigenvalue weighted by atomic mass is 16.5. The van der Waals surface area contributed by atoms with E-state index in [1.165, 1.54) is 5.69 Å². The number of nitrogens with zero attached hydrogens (tertiary/aromatic N) is 2. The van der Waals surface area contributed by atoms with Crippen LogP contribution in [0.5, 0.6) is 5.75 Å². The highest BCUT2D eigenvalue weighted by Crippen LogP contribution is 2.28. The fraction of sp³-hybridized carbons (Fsp3) is 0.278. The molecule has 1 atom stereocenters. The molecule has 0 bridgehead atoms. The van der Waals surface area contributed by atoms with E-state index in [0.717, 1.165) is 29.7 Å². The van der Waals surface area contributed by atoms with Crippen LogP contribution in [0.3, 0.4) is 0 Å². The molecule has 5 heteroatoms. The maximum absolute atomic E-state index is 12.9. The summed E-state index contributed by atoms with van der Waals surface area (Å²) in [6.45, 7) is 3.64. The summed E-state index contributed by atoms with van der Waals surface area (Å²) in [5.74, 6) is 0.822. The molecule has 0 aliphatic carbocycles. The number of H-pyrrole nitrogens is 1. The van der Waals surface area contributed by atoms with Crippen LogP contribution < -0.4 is 4.74 Å². The van der Waals surface area contributed by atoms with Crippen LogP contribution >= 0.6 is 0 Å². The van der Waals surface area contributed by atoms with Crippen LogP contribution in [0.1, 0.15) is 29.1 Å². The fourth-order valence-electron chi connectivity index (χ4n) is 3.36. The van der Waals surface area contributed by atoms with Gasteiger partial charge in [0.25, 0.3) is 5.91 Å². The Morgan fingerprint density at radius 1 is 1.26 bits per heavy atom. The number of rotatable bonds is 2. The number of ether oxygens (including phenoxy) is 1. The Morgan fingerprint density at radius 2 is 2.13 bits per heavy atom. The number of carbonyl (C=O) groups is 1. The topological polar surface area (TPSA) is 50.3 Å². The molecule has 0 fully saturated rings. The monoisotopic (exact) mass is 309 g/mol. The van der Waals surface area contributed by atoms with Gasteiger partial charge in [-0.2, -0.15) is 0 Å². The molecule has 1 aliphatic heterocycles. The normalized spacial score (nSPS) is 17.3. The molecule has 4 rings (SSSR count). The summed E-state index contributed by atoms with van der Waals surface area (Å²) in [6.07, 6.45) is 2.07. The minimum Gasteiger partial charge on any atom is -0.497 e. The van der Waals surface area contributed by atoms with Crippen LogP contribution in [-0.4, -0.2) is 34.0 Å². The van der Waals surface area contributed by atoms with Gasteiger partial charge in [-0.15, -0.1) is 0 Å². The molecular weight excluding hydrogens is 290 g/mol. The van der Waals surface area contributed by atoms with Crippen LogP contribution in [-0.2, 0) is 6.54 Å². The van der Waals surface area contributed by atoms with E-state index in [1.54, 1.807) is 7.11 Å². The van der Waals surface area contributed by atoms with E-state index in [2.05, 4.69) is 28.7 Å². The predicted molar refractivity (Wildman–Crippen MR) is 88.7 cm³/mol. The van der Waals surface area contributed by atoms with Gasteiger partial charge >= 0.3 is 0 Å². The van der Waals surface area contributed by atoms with Crippen LogP contribution in [0.4, 0.5) is 0 Å². The first kappa shape index (κ1) is 13.9. The zero-order valence-electron chi connectivity index (χ0n) is 13.2. The lowest BCUT2D eigenvalue weighted by atomic mass is 10.1. The van der Waals surface area contributed by atoms with Gasteiger partial charge in [-0.25, -0.2) is 0 Å². The summed E-state index contributed by atoms with van der Waals surface area (Å²) < 4.78 is 7.45.